The van der Waals surface area contributed by atoms with Crippen LogP contribution in [0.4, 0.5) is 11.8 Å². The van der Waals surface area contributed by atoms with Crippen LogP contribution in [-0.4, -0.2) is 35.0 Å². The number of hydrogen-bond acceptors (Lipinski definition) is 6. The number of ether oxygens (including phenoxy) is 2. The summed E-state index contributed by atoms with van der Waals surface area (Å²) >= 11 is 11.6. The molecule has 3 heterocycles. The zero-order valence-electron chi connectivity index (χ0n) is 15.6. The molecule has 2 aliphatic rings. The molecule has 0 radical (unpaired) electrons. The SMILES string of the molecule is C[C@H]1CCCN(c2cc(Cl)nc(NC(=S)NCc3ccc4c(c3)OCO4)n2)C1. The van der Waals surface area contributed by atoms with Crippen LogP contribution in [0.3, 0.4) is 0 Å². The van der Waals surface area contributed by atoms with E-state index in [1.54, 1.807) is 6.07 Å². The second-order valence-electron chi connectivity index (χ2n) is 7.06. The molecule has 7 nitrogen and oxygen atoms in total. The average molecular weight is 420 g/mol. The highest BCUT2D eigenvalue weighted by atomic mass is 35.5. The number of hydrogen-bond donors (Lipinski definition) is 2. The van der Waals surface area contributed by atoms with Crippen molar-refractivity contribution < 1.29 is 9.47 Å². The lowest BCUT2D eigenvalue weighted by Crippen LogP contribution is -2.35. The number of thiocarbonyl (C=S) groups is 1. The van der Waals surface area contributed by atoms with E-state index in [1.807, 2.05) is 18.2 Å². The topological polar surface area (TPSA) is 71.5 Å². The smallest absolute Gasteiger partial charge is 0.232 e. The molecule has 0 aliphatic carbocycles. The molecule has 1 aromatic carbocycles. The number of aromatic nitrogens is 2. The van der Waals surface area contributed by atoms with E-state index in [1.165, 1.54) is 6.42 Å². The molecular weight excluding hydrogens is 398 g/mol. The van der Waals surface area contributed by atoms with Gasteiger partial charge in [0.15, 0.2) is 16.6 Å². The van der Waals surface area contributed by atoms with Gasteiger partial charge in [-0.15, -0.1) is 0 Å². The van der Waals surface area contributed by atoms with E-state index in [4.69, 9.17) is 33.3 Å². The third-order valence-electron chi connectivity index (χ3n) is 4.78. The van der Waals surface area contributed by atoms with Crippen molar-refractivity contribution in [3.05, 3.63) is 35.0 Å². The average Bonchev–Trinajstić information content (AvgIpc) is 3.14. The normalized spacial score (nSPS) is 18.1. The summed E-state index contributed by atoms with van der Waals surface area (Å²) in [5.74, 6) is 3.37. The second-order valence-corrected chi connectivity index (χ2v) is 7.86. The molecule has 28 heavy (non-hydrogen) atoms. The first kappa shape index (κ1) is 19.0. The van der Waals surface area contributed by atoms with Gasteiger partial charge < -0.3 is 25.0 Å². The first-order chi connectivity index (χ1) is 13.6. The molecule has 0 saturated carbocycles. The van der Waals surface area contributed by atoms with Crippen LogP contribution in [0.1, 0.15) is 25.3 Å². The van der Waals surface area contributed by atoms with Crippen molar-refractivity contribution in [1.82, 2.24) is 15.3 Å². The van der Waals surface area contributed by atoms with Crippen molar-refractivity contribution in [2.75, 3.05) is 30.1 Å². The molecule has 9 heteroatoms. The summed E-state index contributed by atoms with van der Waals surface area (Å²) in [5.41, 5.74) is 1.03. The maximum atomic E-state index is 6.21. The summed E-state index contributed by atoms with van der Waals surface area (Å²) < 4.78 is 10.7. The summed E-state index contributed by atoms with van der Waals surface area (Å²) in [4.78, 5) is 11.1. The Morgan fingerprint density at radius 2 is 2.14 bits per heavy atom. The van der Waals surface area contributed by atoms with E-state index in [0.717, 1.165) is 42.4 Å². The zero-order chi connectivity index (χ0) is 19.5. The van der Waals surface area contributed by atoms with Crippen molar-refractivity contribution >= 4 is 40.7 Å². The van der Waals surface area contributed by atoms with Crippen molar-refractivity contribution in [2.24, 2.45) is 5.92 Å². The summed E-state index contributed by atoms with van der Waals surface area (Å²) in [6.07, 6.45) is 2.40. The van der Waals surface area contributed by atoms with Crippen LogP contribution in [0.25, 0.3) is 0 Å². The number of nitrogens with one attached hydrogen (secondary N) is 2. The highest BCUT2D eigenvalue weighted by molar-refractivity contribution is 7.80. The van der Waals surface area contributed by atoms with Crippen LogP contribution in [0.15, 0.2) is 24.3 Å². The van der Waals surface area contributed by atoms with E-state index in [9.17, 15) is 0 Å². The molecule has 2 aliphatic heterocycles. The lowest BCUT2D eigenvalue weighted by atomic mass is 10.0. The monoisotopic (exact) mass is 419 g/mol. The van der Waals surface area contributed by atoms with Gasteiger partial charge >= 0.3 is 0 Å². The Bertz CT molecular complexity index is 881. The molecule has 0 spiro atoms. The Balaban J connectivity index is 1.37. The maximum absolute atomic E-state index is 6.21. The fourth-order valence-corrected chi connectivity index (χ4v) is 3.74. The van der Waals surface area contributed by atoms with Crippen LogP contribution >= 0.6 is 23.8 Å². The van der Waals surface area contributed by atoms with Crippen molar-refractivity contribution in [3.63, 3.8) is 0 Å². The number of piperidine rings is 1. The molecule has 2 aromatic rings. The molecule has 0 unspecified atom stereocenters. The highest BCUT2D eigenvalue weighted by Gasteiger charge is 2.19. The van der Waals surface area contributed by atoms with E-state index in [2.05, 4.69) is 32.4 Å². The van der Waals surface area contributed by atoms with Gasteiger partial charge in [-0.2, -0.15) is 4.98 Å². The standard InChI is InChI=1S/C19H22ClN5O2S/c1-12-3-2-6-25(10-12)17-8-16(20)22-18(23-17)24-19(28)21-9-13-4-5-14-15(7-13)27-11-26-14/h4-5,7-8,12H,2-3,6,9-11H2,1H3,(H2,21,22,23,24,28)/t12-/m0/s1. The Kier molecular flexibility index (Phi) is 5.68. The summed E-state index contributed by atoms with van der Waals surface area (Å²) in [6, 6.07) is 7.59. The first-order valence-corrected chi connectivity index (χ1v) is 10.1. The Morgan fingerprint density at radius 3 is 3.00 bits per heavy atom. The summed E-state index contributed by atoms with van der Waals surface area (Å²) in [5, 5.41) is 7.00. The van der Waals surface area contributed by atoms with Crippen LogP contribution < -0.4 is 25.0 Å². The molecule has 148 valence electrons. The van der Waals surface area contributed by atoms with Gasteiger partial charge in [0, 0.05) is 25.7 Å². The lowest BCUT2D eigenvalue weighted by Gasteiger charge is -2.32. The highest BCUT2D eigenvalue weighted by Crippen LogP contribution is 2.32. The number of fused-ring (bicyclic) bond motifs is 1. The van der Waals surface area contributed by atoms with E-state index in [-0.39, 0.29) is 6.79 Å². The molecule has 1 aromatic heterocycles. The predicted molar refractivity (Wildman–Crippen MR) is 113 cm³/mol. The zero-order valence-corrected chi connectivity index (χ0v) is 17.1. The van der Waals surface area contributed by atoms with E-state index in [0.29, 0.717) is 28.7 Å². The molecule has 1 saturated heterocycles. The van der Waals surface area contributed by atoms with Gasteiger partial charge in [0.2, 0.25) is 12.7 Å². The molecule has 4 rings (SSSR count). The van der Waals surface area contributed by atoms with Crippen molar-refractivity contribution in [2.45, 2.75) is 26.3 Å². The van der Waals surface area contributed by atoms with Gasteiger partial charge in [-0.3, -0.25) is 0 Å². The first-order valence-electron chi connectivity index (χ1n) is 9.30. The number of halogens is 1. The molecule has 0 bridgehead atoms. The Hall–Kier alpha value is -2.32. The van der Waals surface area contributed by atoms with Gasteiger partial charge in [0.25, 0.3) is 0 Å². The second kappa shape index (κ2) is 8.36. The van der Waals surface area contributed by atoms with Crippen molar-refractivity contribution in [3.8, 4) is 11.5 Å². The van der Waals surface area contributed by atoms with Gasteiger partial charge in [-0.1, -0.05) is 24.6 Å². The van der Waals surface area contributed by atoms with Crippen LogP contribution in [0.5, 0.6) is 11.5 Å². The van der Waals surface area contributed by atoms with E-state index < -0.39 is 0 Å². The largest absolute Gasteiger partial charge is 0.454 e. The van der Waals surface area contributed by atoms with Crippen LogP contribution in [0.2, 0.25) is 5.15 Å². The maximum Gasteiger partial charge on any atom is 0.232 e. The molecule has 0 amide bonds. The number of nitrogens with zero attached hydrogens (tertiary/aromatic N) is 3. The molecule has 1 fully saturated rings. The van der Waals surface area contributed by atoms with Crippen LogP contribution in [-0.2, 0) is 6.54 Å². The van der Waals surface area contributed by atoms with Crippen molar-refractivity contribution in [1.29, 1.82) is 0 Å². The predicted octanol–water partition coefficient (Wildman–Crippen LogP) is 3.58. The van der Waals surface area contributed by atoms with Gasteiger partial charge in [0.05, 0.1) is 0 Å². The van der Waals surface area contributed by atoms with Gasteiger partial charge in [0.1, 0.15) is 11.0 Å². The fourth-order valence-electron chi connectivity index (χ4n) is 3.40. The molecule has 2 N–H and O–H groups in total. The Morgan fingerprint density at radius 1 is 1.29 bits per heavy atom. The van der Waals surface area contributed by atoms with Gasteiger partial charge in [-0.25, -0.2) is 4.98 Å². The lowest BCUT2D eigenvalue weighted by molar-refractivity contribution is 0.174. The summed E-state index contributed by atoms with van der Waals surface area (Å²) in [7, 11) is 0. The minimum atomic E-state index is 0.260. The third-order valence-corrected chi connectivity index (χ3v) is 5.22. The number of rotatable bonds is 4. The van der Waals surface area contributed by atoms with Crippen LogP contribution in [0, 0.1) is 5.92 Å². The molecular formula is C19H22ClN5O2S. The summed E-state index contributed by atoms with van der Waals surface area (Å²) in [6.45, 7) is 5.00. The minimum Gasteiger partial charge on any atom is -0.454 e. The quantitative estimate of drug-likeness (QED) is 0.575. The minimum absolute atomic E-state index is 0.260. The Labute approximate surface area is 174 Å². The van der Waals surface area contributed by atoms with E-state index >= 15 is 0 Å². The fraction of sp³-hybridized carbons (Fsp3) is 0.421. The third kappa shape index (κ3) is 4.56. The van der Waals surface area contributed by atoms with Gasteiger partial charge in [-0.05, 0) is 48.7 Å². The molecule has 1 atom stereocenters. The number of anilines is 2. The number of benzene rings is 1.